The normalized spacial score (nSPS) is 20.1. The number of anilines is 1. The molecule has 4 N–H and O–H groups in total. The molecule has 3 fully saturated rings. The lowest BCUT2D eigenvalue weighted by Crippen LogP contribution is -2.63. The number of hydrogen-bond donors (Lipinski definition) is 3. The number of carbonyl (C=O) groups is 4. The smallest absolute Gasteiger partial charge is 0.435 e. The van der Waals surface area contributed by atoms with Crippen molar-refractivity contribution in [2.24, 2.45) is 24.6 Å². The minimum atomic E-state index is -4.83. The summed E-state index contributed by atoms with van der Waals surface area (Å²) in [4.78, 5) is 63.5. The zero-order valence-corrected chi connectivity index (χ0v) is 32.4. The number of nitrogens with zero attached hydrogens (tertiary/aromatic N) is 8. The molecule has 3 aromatic heterocycles. The molecule has 58 heavy (non-hydrogen) atoms. The van der Waals surface area contributed by atoms with Gasteiger partial charge in [0.1, 0.15) is 6.54 Å². The Morgan fingerprint density at radius 3 is 2.31 bits per heavy atom. The first kappa shape index (κ1) is 40.8. The van der Waals surface area contributed by atoms with Crippen molar-refractivity contribution in [2.75, 3.05) is 70.8 Å². The van der Waals surface area contributed by atoms with E-state index in [0.717, 1.165) is 36.7 Å². The van der Waals surface area contributed by atoms with Crippen LogP contribution in [0.3, 0.4) is 0 Å². The molecule has 7 rings (SSSR count). The largest absolute Gasteiger partial charge is 0.544 e. The van der Waals surface area contributed by atoms with Gasteiger partial charge in [-0.1, -0.05) is 17.7 Å². The van der Waals surface area contributed by atoms with Crippen LogP contribution in [0.4, 0.5) is 18.9 Å². The van der Waals surface area contributed by atoms with Gasteiger partial charge in [-0.05, 0) is 29.8 Å². The summed E-state index contributed by atoms with van der Waals surface area (Å²) >= 11 is 6.54. The standard InChI is InChI=1S/C38H43ClF3N11O5/c1-49-30(28-20-52(48-33(28)38(40,41)42)31-5-2-23(15-43)18-45-31)19-46-34(49)35(56)47-26-3-4-27(29(39)14-26)37(58)51-10-8-50(9-11-51)36(57)25-6-12-53(13-7-25,22-32(54)55)21-24-16-44-17-24/h2-5,14,18-20,24-25,44H,6-13,15-17,21-22,43H2,1H3,(H-,47,54,55,56,58). The molecule has 20 heteroatoms. The van der Waals surface area contributed by atoms with Crippen LogP contribution in [0.5, 0.6) is 0 Å². The lowest BCUT2D eigenvalue weighted by atomic mass is 9.90. The number of hydrogen-bond acceptors (Lipinski definition) is 10. The quantitative estimate of drug-likeness (QED) is 0.187. The molecule has 0 unspecified atom stereocenters. The Labute approximate surface area is 336 Å². The number of amides is 3. The van der Waals surface area contributed by atoms with E-state index in [-0.39, 0.29) is 70.0 Å². The second-order valence-electron chi connectivity index (χ2n) is 15.2. The molecular weight excluding hydrogens is 783 g/mol. The maximum atomic E-state index is 14.1. The van der Waals surface area contributed by atoms with Gasteiger partial charge in [0.15, 0.2) is 17.3 Å². The fraction of sp³-hybridized carbons (Fsp3) is 0.447. The maximum Gasteiger partial charge on any atom is 0.435 e. The highest BCUT2D eigenvalue weighted by molar-refractivity contribution is 6.34. The molecule has 0 spiro atoms. The molecule has 6 heterocycles. The Hall–Kier alpha value is -5.37. The summed E-state index contributed by atoms with van der Waals surface area (Å²) in [6, 6.07) is 7.48. The number of pyridine rings is 1. The number of halogens is 4. The van der Waals surface area contributed by atoms with Crippen LogP contribution in [-0.2, 0) is 29.4 Å². The molecule has 3 amide bonds. The molecular formula is C38H43ClF3N11O5. The van der Waals surface area contributed by atoms with Gasteiger partial charge in [0.25, 0.3) is 11.8 Å². The molecule has 16 nitrogen and oxygen atoms in total. The summed E-state index contributed by atoms with van der Waals surface area (Å²) in [6.07, 6.45) is 0.118. The van der Waals surface area contributed by atoms with Crippen molar-refractivity contribution in [1.82, 2.24) is 39.4 Å². The fourth-order valence-electron chi connectivity index (χ4n) is 8.01. The van der Waals surface area contributed by atoms with Gasteiger partial charge in [-0.2, -0.15) is 18.3 Å². The van der Waals surface area contributed by atoms with E-state index in [4.69, 9.17) is 17.3 Å². The minimum absolute atomic E-state index is 0.0173. The zero-order chi connectivity index (χ0) is 41.4. The van der Waals surface area contributed by atoms with E-state index in [2.05, 4.69) is 25.7 Å². The van der Waals surface area contributed by atoms with Gasteiger partial charge in [0.05, 0.1) is 53.6 Å². The predicted octanol–water partition coefficient (Wildman–Crippen LogP) is 1.53. The third-order valence-corrected chi connectivity index (χ3v) is 11.6. The molecule has 0 aliphatic carbocycles. The van der Waals surface area contributed by atoms with E-state index in [1.165, 1.54) is 42.1 Å². The molecule has 0 saturated carbocycles. The van der Waals surface area contributed by atoms with Crippen LogP contribution in [0.1, 0.15) is 45.1 Å². The first-order chi connectivity index (χ1) is 27.6. The number of aromatic nitrogens is 5. The van der Waals surface area contributed by atoms with E-state index in [9.17, 15) is 37.5 Å². The van der Waals surface area contributed by atoms with Gasteiger partial charge in [0.2, 0.25) is 5.91 Å². The zero-order valence-electron chi connectivity index (χ0n) is 31.7. The van der Waals surface area contributed by atoms with E-state index in [1.807, 2.05) is 0 Å². The van der Waals surface area contributed by atoms with Gasteiger partial charge < -0.3 is 45.1 Å². The number of carboxylic acid groups (broad SMARTS) is 1. The number of nitrogens with two attached hydrogens (primary N) is 1. The number of nitrogens with one attached hydrogen (secondary N) is 2. The fourth-order valence-corrected chi connectivity index (χ4v) is 8.27. The second-order valence-corrected chi connectivity index (χ2v) is 15.6. The van der Waals surface area contributed by atoms with Crippen LogP contribution < -0.4 is 21.5 Å². The van der Waals surface area contributed by atoms with Crippen molar-refractivity contribution < 1.29 is 41.9 Å². The predicted molar refractivity (Wildman–Crippen MR) is 202 cm³/mol. The molecule has 4 aromatic rings. The lowest BCUT2D eigenvalue weighted by molar-refractivity contribution is -0.931. The van der Waals surface area contributed by atoms with Crippen LogP contribution >= 0.6 is 11.6 Å². The van der Waals surface area contributed by atoms with Gasteiger partial charge in [-0.3, -0.25) is 14.4 Å². The average molecular weight is 826 g/mol. The third-order valence-electron chi connectivity index (χ3n) is 11.3. The topological polar surface area (TPSA) is 196 Å². The van der Waals surface area contributed by atoms with Crippen LogP contribution in [0.15, 0.2) is 48.9 Å². The highest BCUT2D eigenvalue weighted by atomic mass is 35.5. The monoisotopic (exact) mass is 825 g/mol. The van der Waals surface area contributed by atoms with E-state index in [1.54, 1.807) is 15.9 Å². The number of imidazole rings is 1. The molecule has 0 atom stereocenters. The first-order valence-corrected chi connectivity index (χ1v) is 19.3. The highest BCUT2D eigenvalue weighted by Gasteiger charge is 2.42. The number of carbonyl (C=O) groups excluding carboxylic acids is 4. The summed E-state index contributed by atoms with van der Waals surface area (Å²) in [6.45, 7) is 5.15. The van der Waals surface area contributed by atoms with E-state index >= 15 is 0 Å². The van der Waals surface area contributed by atoms with Crippen molar-refractivity contribution in [2.45, 2.75) is 25.6 Å². The summed E-state index contributed by atoms with van der Waals surface area (Å²) in [5.41, 5.74) is 5.19. The molecule has 3 saturated heterocycles. The van der Waals surface area contributed by atoms with E-state index in [0.29, 0.717) is 68.1 Å². The Morgan fingerprint density at radius 1 is 1.02 bits per heavy atom. The molecule has 3 aliphatic heterocycles. The van der Waals surface area contributed by atoms with Crippen molar-refractivity contribution in [3.63, 3.8) is 0 Å². The maximum absolute atomic E-state index is 14.1. The van der Waals surface area contributed by atoms with Gasteiger partial charge >= 0.3 is 6.18 Å². The van der Waals surface area contributed by atoms with Crippen molar-refractivity contribution in [3.05, 3.63) is 76.6 Å². The van der Waals surface area contributed by atoms with Crippen LogP contribution in [-0.4, -0.2) is 128 Å². The Bertz CT molecular complexity index is 2190. The van der Waals surface area contributed by atoms with Gasteiger partial charge in [-0.25, -0.2) is 14.6 Å². The number of piperidine rings is 1. The highest BCUT2D eigenvalue weighted by Crippen LogP contribution is 2.37. The number of carboxylic acids is 1. The average Bonchev–Trinajstić information content (AvgIpc) is 3.80. The summed E-state index contributed by atoms with van der Waals surface area (Å²) in [5.74, 6) is -1.97. The number of likely N-dealkylation sites (tertiary alicyclic amines) is 1. The van der Waals surface area contributed by atoms with Crippen molar-refractivity contribution in [3.8, 4) is 17.1 Å². The molecule has 1 aromatic carbocycles. The molecule has 0 radical (unpaired) electrons. The van der Waals surface area contributed by atoms with Crippen LogP contribution in [0.25, 0.3) is 17.1 Å². The summed E-state index contributed by atoms with van der Waals surface area (Å²) in [7, 11) is 1.40. The molecule has 3 aliphatic rings. The summed E-state index contributed by atoms with van der Waals surface area (Å²) in [5, 5.41) is 21.2. The number of aliphatic carboxylic acids is 1. The minimum Gasteiger partial charge on any atom is -0.544 e. The number of quaternary nitrogens is 1. The Balaban J connectivity index is 0.956. The second kappa shape index (κ2) is 16.5. The van der Waals surface area contributed by atoms with Crippen molar-refractivity contribution >= 4 is 41.0 Å². The first-order valence-electron chi connectivity index (χ1n) is 18.9. The summed E-state index contributed by atoms with van der Waals surface area (Å²) < 4.78 is 45.0. The SMILES string of the molecule is Cn1c(-c2cn(-c3ccc(CN)cn3)nc2C(F)(F)F)cnc1C(=O)Nc1ccc(C(=O)N2CCN(C(=O)C3CC[N+](CC(=O)[O-])(CC4CNC4)CC3)CC2)c(Cl)c1. The Morgan fingerprint density at radius 2 is 1.72 bits per heavy atom. The number of piperazine rings is 1. The van der Waals surface area contributed by atoms with Crippen LogP contribution in [0, 0.1) is 11.8 Å². The number of benzene rings is 1. The Kier molecular flexibility index (Phi) is 11.6. The van der Waals surface area contributed by atoms with Crippen molar-refractivity contribution in [1.29, 1.82) is 0 Å². The van der Waals surface area contributed by atoms with E-state index < -0.39 is 23.7 Å². The number of rotatable bonds is 11. The molecule has 308 valence electrons. The van der Waals surface area contributed by atoms with Crippen LogP contribution in [0.2, 0.25) is 5.02 Å². The van der Waals surface area contributed by atoms with Gasteiger partial charge in [0, 0.05) is 95.6 Å². The number of alkyl halides is 3. The third kappa shape index (κ3) is 8.57. The lowest BCUT2D eigenvalue weighted by Gasteiger charge is -2.47. The molecule has 0 bridgehead atoms. The van der Waals surface area contributed by atoms with Gasteiger partial charge in [-0.15, -0.1) is 0 Å².